The van der Waals surface area contributed by atoms with Crippen molar-refractivity contribution in [2.45, 2.75) is 25.7 Å². The lowest BCUT2D eigenvalue weighted by molar-refractivity contribution is -0.145. The first-order chi connectivity index (χ1) is 15.8. The maximum Gasteiger partial charge on any atom is 0.234 e. The smallest absolute Gasteiger partial charge is 0.234 e. The molecule has 4 amide bonds. The first-order valence-corrected chi connectivity index (χ1v) is 11.9. The zero-order valence-electron chi connectivity index (χ0n) is 18.3. The molecule has 10 heteroatoms. The summed E-state index contributed by atoms with van der Waals surface area (Å²) in [4.78, 5) is 56.1. The van der Waals surface area contributed by atoms with E-state index in [2.05, 4.69) is 6.58 Å². The first kappa shape index (κ1) is 24.1. The number of carbonyl (C=O) groups is 4. The standard InChI is InChI=1S/C23H27Cl2N3O5/c1-2-8-33-9-7-26(12-27-20(29)16-5-3-14(24)10-18(16)22(27)31)13-28-21(30)17-6-4-15(25)11-19(17)23(28)32/h2-4,16-19H,1,5-13H2. The van der Waals surface area contributed by atoms with Gasteiger partial charge >= 0.3 is 0 Å². The molecule has 4 rings (SSSR count). The number of ether oxygens (including phenoxy) is 1. The van der Waals surface area contributed by atoms with Gasteiger partial charge in [-0.1, -0.05) is 41.4 Å². The van der Waals surface area contributed by atoms with Crippen molar-refractivity contribution in [2.24, 2.45) is 23.7 Å². The molecule has 8 nitrogen and oxygen atoms in total. The molecule has 2 aliphatic heterocycles. The van der Waals surface area contributed by atoms with Gasteiger partial charge in [-0.2, -0.15) is 0 Å². The van der Waals surface area contributed by atoms with Crippen LogP contribution in [0.1, 0.15) is 25.7 Å². The zero-order valence-corrected chi connectivity index (χ0v) is 19.8. The Hall–Kier alpha value is -2.00. The van der Waals surface area contributed by atoms with E-state index in [9.17, 15) is 19.2 Å². The number of hydrogen-bond donors (Lipinski definition) is 0. The van der Waals surface area contributed by atoms with Crippen LogP contribution in [0.25, 0.3) is 0 Å². The summed E-state index contributed by atoms with van der Waals surface area (Å²) >= 11 is 12.2. The van der Waals surface area contributed by atoms with Crippen LogP contribution >= 0.6 is 23.2 Å². The number of imide groups is 2. The van der Waals surface area contributed by atoms with Crippen molar-refractivity contribution in [2.75, 3.05) is 33.1 Å². The van der Waals surface area contributed by atoms with E-state index < -0.39 is 23.7 Å². The van der Waals surface area contributed by atoms with Crippen LogP contribution in [0.5, 0.6) is 0 Å². The average Bonchev–Trinajstić information content (AvgIpc) is 3.16. The quantitative estimate of drug-likeness (QED) is 0.277. The Morgan fingerprint density at radius 3 is 1.79 bits per heavy atom. The fourth-order valence-electron chi connectivity index (χ4n) is 5.02. The van der Waals surface area contributed by atoms with Gasteiger partial charge in [-0.05, 0) is 25.7 Å². The predicted octanol–water partition coefficient (Wildman–Crippen LogP) is 2.44. The van der Waals surface area contributed by atoms with Gasteiger partial charge in [0, 0.05) is 16.6 Å². The number of hydrogen-bond acceptors (Lipinski definition) is 6. The number of likely N-dealkylation sites (tertiary alicyclic amines) is 2. The van der Waals surface area contributed by atoms with Crippen molar-refractivity contribution < 1.29 is 23.9 Å². The summed E-state index contributed by atoms with van der Waals surface area (Å²) in [6, 6.07) is 0. The maximum atomic E-state index is 13.0. The largest absolute Gasteiger partial charge is 0.376 e. The fraction of sp³-hybridized carbons (Fsp3) is 0.565. The van der Waals surface area contributed by atoms with E-state index in [1.807, 2.05) is 0 Å². The molecular weight excluding hydrogens is 469 g/mol. The third-order valence-corrected chi connectivity index (χ3v) is 7.41. The lowest BCUT2D eigenvalue weighted by Gasteiger charge is -2.30. The highest BCUT2D eigenvalue weighted by Gasteiger charge is 2.51. The summed E-state index contributed by atoms with van der Waals surface area (Å²) in [5, 5.41) is 1.19. The molecule has 4 aliphatic rings. The molecule has 2 fully saturated rings. The van der Waals surface area contributed by atoms with Crippen LogP contribution in [0, 0.1) is 23.7 Å². The van der Waals surface area contributed by atoms with Crippen LogP contribution in [0.15, 0.2) is 34.9 Å². The van der Waals surface area contributed by atoms with Gasteiger partial charge in [0.25, 0.3) is 0 Å². The van der Waals surface area contributed by atoms with Gasteiger partial charge in [0.1, 0.15) is 0 Å². The summed E-state index contributed by atoms with van der Waals surface area (Å²) in [7, 11) is 0. The van der Waals surface area contributed by atoms with Gasteiger partial charge in [0.2, 0.25) is 23.6 Å². The molecule has 0 bridgehead atoms. The highest BCUT2D eigenvalue weighted by molar-refractivity contribution is 6.30. The molecule has 2 aliphatic carbocycles. The van der Waals surface area contributed by atoms with Crippen LogP contribution in [-0.2, 0) is 23.9 Å². The number of fused-ring (bicyclic) bond motifs is 2. The lowest BCUT2D eigenvalue weighted by Crippen LogP contribution is -2.49. The minimum absolute atomic E-state index is 0.0227. The number of allylic oxidation sites excluding steroid dienone is 4. The predicted molar refractivity (Wildman–Crippen MR) is 121 cm³/mol. The molecule has 0 aromatic rings. The van der Waals surface area contributed by atoms with E-state index in [-0.39, 0.29) is 37.0 Å². The topological polar surface area (TPSA) is 87.2 Å². The normalized spacial score (nSPS) is 29.4. The highest BCUT2D eigenvalue weighted by Crippen LogP contribution is 2.40. The highest BCUT2D eigenvalue weighted by atomic mass is 35.5. The van der Waals surface area contributed by atoms with Crippen molar-refractivity contribution in [3.05, 3.63) is 34.9 Å². The Labute approximate surface area is 202 Å². The molecule has 178 valence electrons. The fourth-order valence-corrected chi connectivity index (χ4v) is 5.53. The minimum atomic E-state index is -0.458. The van der Waals surface area contributed by atoms with Crippen LogP contribution in [-0.4, -0.2) is 71.4 Å². The molecule has 0 N–H and O–H groups in total. The Balaban J connectivity index is 1.47. The molecule has 0 spiro atoms. The van der Waals surface area contributed by atoms with E-state index in [0.29, 0.717) is 55.5 Å². The van der Waals surface area contributed by atoms with Gasteiger partial charge in [-0.3, -0.25) is 33.9 Å². The van der Waals surface area contributed by atoms with Crippen LogP contribution in [0.3, 0.4) is 0 Å². The number of carbonyl (C=O) groups excluding carboxylic acids is 4. The second-order valence-electron chi connectivity index (χ2n) is 8.86. The van der Waals surface area contributed by atoms with Crippen molar-refractivity contribution in [3.63, 3.8) is 0 Å². The van der Waals surface area contributed by atoms with Gasteiger partial charge in [0.05, 0.1) is 50.2 Å². The van der Waals surface area contributed by atoms with E-state index in [4.69, 9.17) is 27.9 Å². The summed E-state index contributed by atoms with van der Waals surface area (Å²) in [6.07, 6.45) is 6.79. The summed E-state index contributed by atoms with van der Waals surface area (Å²) in [5.41, 5.74) is 0. The van der Waals surface area contributed by atoms with E-state index in [1.165, 1.54) is 9.80 Å². The van der Waals surface area contributed by atoms with Gasteiger partial charge in [-0.15, -0.1) is 6.58 Å². The molecule has 0 aromatic heterocycles. The zero-order chi connectivity index (χ0) is 23.7. The molecule has 4 unspecified atom stereocenters. The van der Waals surface area contributed by atoms with E-state index in [1.54, 1.807) is 23.1 Å². The molecule has 0 saturated carbocycles. The van der Waals surface area contributed by atoms with Crippen LogP contribution in [0.4, 0.5) is 0 Å². The molecule has 0 radical (unpaired) electrons. The van der Waals surface area contributed by atoms with E-state index in [0.717, 1.165) is 0 Å². The third kappa shape index (κ3) is 4.80. The molecule has 4 atom stereocenters. The minimum Gasteiger partial charge on any atom is -0.376 e. The Bertz CT molecular complexity index is 867. The van der Waals surface area contributed by atoms with E-state index >= 15 is 0 Å². The van der Waals surface area contributed by atoms with Gasteiger partial charge in [-0.25, -0.2) is 0 Å². The van der Waals surface area contributed by atoms with Crippen LogP contribution in [0.2, 0.25) is 0 Å². The molecule has 33 heavy (non-hydrogen) atoms. The Morgan fingerprint density at radius 1 is 0.879 bits per heavy atom. The molecular formula is C23H27Cl2N3O5. The average molecular weight is 496 g/mol. The van der Waals surface area contributed by atoms with Gasteiger partial charge in [0.15, 0.2) is 0 Å². The number of amides is 4. The number of halogens is 2. The Morgan fingerprint density at radius 2 is 1.33 bits per heavy atom. The second kappa shape index (κ2) is 10.1. The summed E-state index contributed by atoms with van der Waals surface area (Å²) in [5.74, 6) is -2.76. The maximum absolute atomic E-state index is 13.0. The first-order valence-electron chi connectivity index (χ1n) is 11.1. The second-order valence-corrected chi connectivity index (χ2v) is 9.83. The van der Waals surface area contributed by atoms with Crippen LogP contribution < -0.4 is 0 Å². The van der Waals surface area contributed by atoms with Crippen molar-refractivity contribution >= 4 is 46.8 Å². The lowest BCUT2D eigenvalue weighted by atomic mass is 9.85. The number of rotatable bonds is 9. The van der Waals surface area contributed by atoms with Crippen molar-refractivity contribution in [3.8, 4) is 0 Å². The summed E-state index contributed by atoms with van der Waals surface area (Å²) in [6.45, 7) is 4.53. The number of nitrogens with zero attached hydrogens (tertiary/aromatic N) is 3. The molecule has 0 aromatic carbocycles. The van der Waals surface area contributed by atoms with Crippen molar-refractivity contribution in [1.82, 2.24) is 14.7 Å². The molecule has 2 heterocycles. The van der Waals surface area contributed by atoms with Crippen molar-refractivity contribution in [1.29, 1.82) is 0 Å². The Kier molecular flexibility index (Phi) is 7.38. The monoisotopic (exact) mass is 495 g/mol. The summed E-state index contributed by atoms with van der Waals surface area (Å²) < 4.78 is 5.48. The van der Waals surface area contributed by atoms with Gasteiger partial charge < -0.3 is 4.74 Å². The molecule has 2 saturated heterocycles. The third-order valence-electron chi connectivity index (χ3n) is 6.79. The SMILES string of the molecule is C=CCOCCN(CN1C(=O)C2CC=C(Cl)CC2C1=O)CN1C(=O)C2CC=C(Cl)CC2C1=O.